The molecule has 1 fully saturated rings. The first kappa shape index (κ1) is 20.5. The Morgan fingerprint density at radius 1 is 1.07 bits per heavy atom. The van der Waals surface area contributed by atoms with Gasteiger partial charge in [0.1, 0.15) is 11.6 Å². The first-order valence-electron chi connectivity index (χ1n) is 9.41. The summed E-state index contributed by atoms with van der Waals surface area (Å²) in [6.45, 7) is 3.94. The Hall–Kier alpha value is -3.19. The second kappa shape index (κ2) is 8.87. The predicted molar refractivity (Wildman–Crippen MR) is 118 cm³/mol. The summed E-state index contributed by atoms with van der Waals surface area (Å²) in [6.07, 6.45) is 3.39. The molecule has 0 spiro atoms. The Kier molecular flexibility index (Phi) is 6.29. The highest BCUT2D eigenvalue weighted by molar-refractivity contribution is 5.95. The van der Waals surface area contributed by atoms with Gasteiger partial charge in [0.15, 0.2) is 0 Å². The number of rotatable bonds is 4. The Morgan fingerprint density at radius 2 is 1.83 bits per heavy atom. The van der Waals surface area contributed by atoms with Crippen molar-refractivity contribution in [2.75, 3.05) is 44.3 Å². The maximum Gasteiger partial charge on any atom is 0.254 e. The molecule has 3 N–H and O–H groups in total. The third kappa shape index (κ3) is 4.63. The van der Waals surface area contributed by atoms with Gasteiger partial charge in [0.05, 0.1) is 0 Å². The van der Waals surface area contributed by atoms with Gasteiger partial charge in [0.25, 0.3) is 5.91 Å². The fourth-order valence-electron chi connectivity index (χ4n) is 3.41. The summed E-state index contributed by atoms with van der Waals surface area (Å²) in [5, 5.41) is 5.31. The van der Waals surface area contributed by atoms with Crippen LogP contribution in [0.3, 0.4) is 0 Å². The van der Waals surface area contributed by atoms with Gasteiger partial charge < -0.3 is 20.9 Å². The molecule has 29 heavy (non-hydrogen) atoms. The number of piperazine rings is 1. The van der Waals surface area contributed by atoms with Crippen LogP contribution in [0, 0.1) is 0 Å². The minimum atomic E-state index is 0. The molecule has 0 atom stereocenters. The van der Waals surface area contributed by atoms with Crippen LogP contribution in [0.25, 0.3) is 10.8 Å². The van der Waals surface area contributed by atoms with Gasteiger partial charge in [0.2, 0.25) is 0 Å². The van der Waals surface area contributed by atoms with E-state index in [-0.39, 0.29) is 13.3 Å². The summed E-state index contributed by atoms with van der Waals surface area (Å²) in [6, 6.07) is 11.6. The normalized spacial score (nSPS) is 14.4. The molecule has 7 heteroatoms. The Morgan fingerprint density at radius 3 is 2.62 bits per heavy atom. The molecule has 3 aromatic rings. The lowest BCUT2D eigenvalue weighted by Gasteiger charge is -2.32. The quantitative estimate of drug-likeness (QED) is 0.710. The van der Waals surface area contributed by atoms with Crippen molar-refractivity contribution in [3.63, 3.8) is 0 Å². The van der Waals surface area contributed by atoms with Gasteiger partial charge in [-0.15, -0.1) is 0 Å². The second-order valence-electron chi connectivity index (χ2n) is 7.13. The van der Waals surface area contributed by atoms with Crippen LogP contribution in [-0.4, -0.2) is 58.9 Å². The van der Waals surface area contributed by atoms with Gasteiger partial charge in [-0.3, -0.25) is 4.79 Å². The van der Waals surface area contributed by atoms with Crippen molar-refractivity contribution in [2.24, 2.45) is 0 Å². The number of hydrogen-bond donors (Lipinski definition) is 2. The van der Waals surface area contributed by atoms with E-state index in [1.165, 1.54) is 0 Å². The van der Waals surface area contributed by atoms with Crippen LogP contribution in [0.5, 0.6) is 0 Å². The lowest BCUT2D eigenvalue weighted by Crippen LogP contribution is -2.47. The molecule has 7 nitrogen and oxygen atoms in total. The average Bonchev–Trinajstić information content (AvgIpc) is 2.73. The number of fused-ring (bicyclic) bond motifs is 1. The number of carbonyl (C=O) groups is 1. The van der Waals surface area contributed by atoms with Crippen molar-refractivity contribution in [1.82, 2.24) is 19.8 Å². The molecular weight excluding hydrogens is 364 g/mol. The highest BCUT2D eigenvalue weighted by Crippen LogP contribution is 2.20. The number of nitrogen functional groups attached to an aromatic ring is 1. The molecular formula is C22H28N6O. The van der Waals surface area contributed by atoms with Gasteiger partial charge in [-0.1, -0.05) is 19.6 Å². The molecule has 1 aromatic carbocycles. The predicted octanol–water partition coefficient (Wildman–Crippen LogP) is 2.85. The topological polar surface area (TPSA) is 87.4 Å². The zero-order chi connectivity index (χ0) is 19.5. The van der Waals surface area contributed by atoms with Crippen molar-refractivity contribution >= 4 is 28.3 Å². The smallest absolute Gasteiger partial charge is 0.254 e. The fourth-order valence-corrected chi connectivity index (χ4v) is 3.41. The second-order valence-corrected chi connectivity index (χ2v) is 7.13. The summed E-state index contributed by atoms with van der Waals surface area (Å²) in [5.41, 5.74) is 7.68. The fraction of sp³-hybridized carbons (Fsp3) is 0.318. The van der Waals surface area contributed by atoms with Crippen LogP contribution in [0.4, 0.5) is 11.6 Å². The number of aromatic nitrogens is 2. The van der Waals surface area contributed by atoms with E-state index >= 15 is 0 Å². The standard InChI is InChI=1S/C21H24N6O.CH4/c1-26-8-10-27(11-9-26)21(28)17-5-6-23-19(13-17)25-14-15-2-3-18-16(12-15)4-7-24-20(18)22;/h2-7,12-13H,8-11,14H2,1H3,(H2,22,24)(H,23,25);1H4. The van der Waals surface area contributed by atoms with E-state index in [1.807, 2.05) is 29.2 Å². The summed E-state index contributed by atoms with van der Waals surface area (Å²) >= 11 is 0. The Labute approximate surface area is 171 Å². The number of anilines is 2. The number of likely N-dealkylation sites (N-methyl/N-ethyl adjacent to an activating group) is 1. The molecule has 1 saturated heterocycles. The molecule has 1 aliphatic rings. The molecule has 0 radical (unpaired) electrons. The van der Waals surface area contributed by atoms with Gasteiger partial charge in [0, 0.05) is 56.1 Å². The maximum atomic E-state index is 12.7. The van der Waals surface area contributed by atoms with E-state index in [1.54, 1.807) is 18.5 Å². The summed E-state index contributed by atoms with van der Waals surface area (Å²) in [4.78, 5) is 25.3. The van der Waals surface area contributed by atoms with E-state index in [0.717, 1.165) is 42.5 Å². The van der Waals surface area contributed by atoms with Gasteiger partial charge >= 0.3 is 0 Å². The zero-order valence-electron chi connectivity index (χ0n) is 15.9. The van der Waals surface area contributed by atoms with E-state index in [9.17, 15) is 4.79 Å². The number of amides is 1. The highest BCUT2D eigenvalue weighted by atomic mass is 16.2. The van der Waals surface area contributed by atoms with Crippen LogP contribution in [-0.2, 0) is 6.54 Å². The van der Waals surface area contributed by atoms with Crippen molar-refractivity contribution in [3.8, 4) is 0 Å². The zero-order valence-corrected chi connectivity index (χ0v) is 15.9. The minimum Gasteiger partial charge on any atom is -0.383 e. The van der Waals surface area contributed by atoms with Crippen LogP contribution in [0.1, 0.15) is 23.3 Å². The number of pyridine rings is 2. The third-order valence-electron chi connectivity index (χ3n) is 5.13. The summed E-state index contributed by atoms with van der Waals surface area (Å²) in [7, 11) is 2.08. The van der Waals surface area contributed by atoms with Crippen LogP contribution >= 0.6 is 0 Å². The molecule has 0 bridgehead atoms. The first-order valence-corrected chi connectivity index (χ1v) is 9.41. The van der Waals surface area contributed by atoms with Gasteiger partial charge in [-0.25, -0.2) is 9.97 Å². The van der Waals surface area contributed by atoms with Crippen molar-refractivity contribution in [3.05, 3.63) is 59.9 Å². The molecule has 152 valence electrons. The largest absolute Gasteiger partial charge is 0.383 e. The molecule has 0 unspecified atom stereocenters. The SMILES string of the molecule is C.CN1CCN(C(=O)c2ccnc(NCc3ccc4c(N)nccc4c3)c2)CC1. The third-order valence-corrected chi connectivity index (χ3v) is 5.13. The van der Waals surface area contributed by atoms with Crippen LogP contribution in [0.15, 0.2) is 48.8 Å². The van der Waals surface area contributed by atoms with Gasteiger partial charge in [-0.05, 0) is 42.3 Å². The number of nitrogens with two attached hydrogens (primary N) is 1. The van der Waals surface area contributed by atoms with E-state index < -0.39 is 0 Å². The molecule has 2 aromatic heterocycles. The molecule has 4 rings (SSSR count). The van der Waals surface area contributed by atoms with E-state index in [2.05, 4.69) is 33.3 Å². The molecule has 0 aliphatic carbocycles. The lowest BCUT2D eigenvalue weighted by molar-refractivity contribution is 0.0664. The molecule has 1 amide bonds. The number of nitrogens with zero attached hydrogens (tertiary/aromatic N) is 4. The number of hydrogen-bond acceptors (Lipinski definition) is 6. The summed E-state index contributed by atoms with van der Waals surface area (Å²) < 4.78 is 0. The first-order chi connectivity index (χ1) is 13.6. The summed E-state index contributed by atoms with van der Waals surface area (Å²) in [5.74, 6) is 1.29. The highest BCUT2D eigenvalue weighted by Gasteiger charge is 2.20. The van der Waals surface area contributed by atoms with E-state index in [4.69, 9.17) is 5.73 Å². The Balaban J connectivity index is 0.00000240. The molecule has 0 saturated carbocycles. The minimum absolute atomic E-state index is 0. The van der Waals surface area contributed by atoms with Gasteiger partial charge in [-0.2, -0.15) is 0 Å². The maximum absolute atomic E-state index is 12.7. The van der Waals surface area contributed by atoms with Crippen LogP contribution < -0.4 is 11.1 Å². The molecule has 1 aliphatic heterocycles. The monoisotopic (exact) mass is 392 g/mol. The van der Waals surface area contributed by atoms with Crippen molar-refractivity contribution < 1.29 is 4.79 Å². The van der Waals surface area contributed by atoms with Crippen molar-refractivity contribution in [2.45, 2.75) is 14.0 Å². The van der Waals surface area contributed by atoms with Crippen molar-refractivity contribution in [1.29, 1.82) is 0 Å². The average molecular weight is 393 g/mol. The lowest BCUT2D eigenvalue weighted by atomic mass is 10.1. The number of benzene rings is 1. The van der Waals surface area contributed by atoms with Crippen LogP contribution in [0.2, 0.25) is 0 Å². The molecule has 3 heterocycles. The number of nitrogens with one attached hydrogen (secondary N) is 1. The Bertz CT molecular complexity index is 998. The van der Waals surface area contributed by atoms with E-state index in [0.29, 0.717) is 23.7 Å². The number of carbonyl (C=O) groups excluding carboxylic acids is 1.